The van der Waals surface area contributed by atoms with E-state index in [1.165, 1.54) is 18.4 Å². The molecule has 1 atom stereocenters. The van der Waals surface area contributed by atoms with Crippen molar-refractivity contribution in [1.82, 2.24) is 19.1 Å². The van der Waals surface area contributed by atoms with Crippen LogP contribution in [0, 0.1) is 5.41 Å². The molecule has 9 heteroatoms. The zero-order chi connectivity index (χ0) is 18.1. The van der Waals surface area contributed by atoms with Gasteiger partial charge in [-0.3, -0.25) is 4.79 Å². The van der Waals surface area contributed by atoms with Crippen molar-refractivity contribution >= 4 is 16.1 Å². The first kappa shape index (κ1) is 18.9. The van der Waals surface area contributed by atoms with Crippen LogP contribution in [0.2, 0.25) is 0 Å². The predicted octanol–water partition coefficient (Wildman–Crippen LogP) is 0.585. The third kappa shape index (κ3) is 3.47. The third-order valence-corrected chi connectivity index (χ3v) is 6.38. The standard InChI is InChI=1S/C15H26N4O4S/c1-11(2)13-8-12(23-17-13)9-15(14(20)16-3)6-7-19(10-15)24(21,22)18(4)5/h8,11H,6-7,9-10H2,1-5H3,(H,16,20)/t15-/m1/s1. The van der Waals surface area contributed by atoms with Crippen molar-refractivity contribution in [2.24, 2.45) is 5.41 Å². The lowest BCUT2D eigenvalue weighted by Gasteiger charge is -2.27. The Morgan fingerprint density at radius 2 is 2.17 bits per heavy atom. The topological polar surface area (TPSA) is 95.7 Å². The van der Waals surface area contributed by atoms with E-state index in [4.69, 9.17) is 4.52 Å². The number of hydrogen-bond donors (Lipinski definition) is 1. The number of aromatic nitrogens is 1. The molecule has 2 rings (SSSR count). The molecule has 0 radical (unpaired) electrons. The van der Waals surface area contributed by atoms with E-state index in [9.17, 15) is 13.2 Å². The Kier molecular flexibility index (Phi) is 5.36. The van der Waals surface area contributed by atoms with Crippen molar-refractivity contribution in [2.75, 3.05) is 34.2 Å². The lowest BCUT2D eigenvalue weighted by molar-refractivity contribution is -0.130. The highest BCUT2D eigenvalue weighted by atomic mass is 32.2. The van der Waals surface area contributed by atoms with E-state index in [0.29, 0.717) is 25.1 Å². The molecule has 1 aromatic heterocycles. The first-order chi connectivity index (χ1) is 11.1. The van der Waals surface area contributed by atoms with Gasteiger partial charge in [0.25, 0.3) is 10.2 Å². The molecule has 0 spiro atoms. The predicted molar refractivity (Wildman–Crippen MR) is 89.6 cm³/mol. The average molecular weight is 358 g/mol. The molecule has 0 aromatic carbocycles. The van der Waals surface area contributed by atoms with Gasteiger partial charge in [-0.15, -0.1) is 0 Å². The molecule has 1 saturated heterocycles. The first-order valence-electron chi connectivity index (χ1n) is 7.97. The van der Waals surface area contributed by atoms with Crippen LogP contribution in [0.1, 0.15) is 37.6 Å². The van der Waals surface area contributed by atoms with Gasteiger partial charge in [0.1, 0.15) is 5.76 Å². The van der Waals surface area contributed by atoms with Crippen molar-refractivity contribution in [3.8, 4) is 0 Å². The largest absolute Gasteiger partial charge is 0.361 e. The summed E-state index contributed by atoms with van der Waals surface area (Å²) in [7, 11) is 0.987. The number of carbonyl (C=O) groups is 1. The zero-order valence-electron chi connectivity index (χ0n) is 14.9. The van der Waals surface area contributed by atoms with Crippen molar-refractivity contribution in [3.05, 3.63) is 17.5 Å². The van der Waals surface area contributed by atoms with Crippen LogP contribution < -0.4 is 5.32 Å². The van der Waals surface area contributed by atoms with Crippen LogP contribution in [-0.4, -0.2) is 62.3 Å². The fourth-order valence-electron chi connectivity index (χ4n) is 2.96. The van der Waals surface area contributed by atoms with Gasteiger partial charge in [-0.05, 0) is 12.3 Å². The summed E-state index contributed by atoms with van der Waals surface area (Å²) in [6, 6.07) is 1.85. The molecule has 0 saturated carbocycles. The summed E-state index contributed by atoms with van der Waals surface area (Å²) in [4.78, 5) is 12.5. The van der Waals surface area contributed by atoms with Gasteiger partial charge in [-0.25, -0.2) is 0 Å². The third-order valence-electron chi connectivity index (χ3n) is 4.50. The smallest absolute Gasteiger partial charge is 0.281 e. The number of amides is 1. The summed E-state index contributed by atoms with van der Waals surface area (Å²) in [5, 5.41) is 6.69. The molecule has 8 nitrogen and oxygen atoms in total. The fourth-order valence-corrected chi connectivity index (χ4v) is 4.15. The minimum Gasteiger partial charge on any atom is -0.361 e. The van der Waals surface area contributed by atoms with Crippen molar-refractivity contribution in [2.45, 2.75) is 32.6 Å². The van der Waals surface area contributed by atoms with Gasteiger partial charge in [0.15, 0.2) is 0 Å². The SMILES string of the molecule is CNC(=O)[C@@]1(Cc2cc(C(C)C)no2)CCN(S(=O)(=O)N(C)C)C1. The monoisotopic (exact) mass is 358 g/mol. The summed E-state index contributed by atoms with van der Waals surface area (Å²) in [6.45, 7) is 4.46. The van der Waals surface area contributed by atoms with Crippen LogP contribution in [-0.2, 0) is 21.4 Å². The summed E-state index contributed by atoms with van der Waals surface area (Å²) in [5.74, 6) is 0.653. The van der Waals surface area contributed by atoms with E-state index in [0.717, 1.165) is 10.00 Å². The quantitative estimate of drug-likeness (QED) is 0.803. The maximum absolute atomic E-state index is 12.5. The average Bonchev–Trinajstić information content (AvgIpc) is 3.15. The Hall–Kier alpha value is -1.45. The number of nitrogens with one attached hydrogen (secondary N) is 1. The molecular formula is C15H26N4O4S. The molecule has 1 aliphatic heterocycles. The van der Waals surface area contributed by atoms with Gasteiger partial charge >= 0.3 is 0 Å². The Balaban J connectivity index is 2.27. The van der Waals surface area contributed by atoms with Gasteiger partial charge in [0, 0.05) is 46.7 Å². The van der Waals surface area contributed by atoms with E-state index in [-0.39, 0.29) is 18.4 Å². The van der Waals surface area contributed by atoms with Crippen molar-refractivity contribution in [3.63, 3.8) is 0 Å². The van der Waals surface area contributed by atoms with E-state index < -0.39 is 15.6 Å². The van der Waals surface area contributed by atoms with Gasteiger partial charge in [-0.2, -0.15) is 17.0 Å². The Morgan fingerprint density at radius 1 is 1.50 bits per heavy atom. The fraction of sp³-hybridized carbons (Fsp3) is 0.733. The highest BCUT2D eigenvalue weighted by Gasteiger charge is 2.48. The molecule has 1 fully saturated rings. The van der Waals surface area contributed by atoms with Crippen molar-refractivity contribution < 1.29 is 17.7 Å². The Bertz CT molecular complexity index is 698. The molecule has 1 aromatic rings. The summed E-state index contributed by atoms with van der Waals surface area (Å²) in [5.41, 5.74) is -0.0150. The molecule has 0 aliphatic carbocycles. The summed E-state index contributed by atoms with van der Waals surface area (Å²) < 4.78 is 32.6. The highest BCUT2D eigenvalue weighted by molar-refractivity contribution is 7.86. The zero-order valence-corrected chi connectivity index (χ0v) is 15.7. The maximum Gasteiger partial charge on any atom is 0.281 e. The van der Waals surface area contributed by atoms with Gasteiger partial charge < -0.3 is 9.84 Å². The van der Waals surface area contributed by atoms with Crippen molar-refractivity contribution in [1.29, 1.82) is 0 Å². The van der Waals surface area contributed by atoms with Crippen LogP contribution >= 0.6 is 0 Å². The lowest BCUT2D eigenvalue weighted by atomic mass is 9.81. The van der Waals surface area contributed by atoms with Crippen LogP contribution in [0.5, 0.6) is 0 Å². The summed E-state index contributed by atoms with van der Waals surface area (Å²) >= 11 is 0. The minimum atomic E-state index is -3.55. The second-order valence-corrected chi connectivity index (χ2v) is 8.93. The van der Waals surface area contributed by atoms with E-state index in [1.54, 1.807) is 7.05 Å². The van der Waals surface area contributed by atoms with Crippen LogP contribution in [0.3, 0.4) is 0 Å². The minimum absolute atomic E-state index is 0.130. The van der Waals surface area contributed by atoms with Gasteiger partial charge in [0.05, 0.1) is 11.1 Å². The maximum atomic E-state index is 12.5. The Labute approximate surface area is 143 Å². The molecule has 136 valence electrons. The molecule has 0 unspecified atom stereocenters. The van der Waals surface area contributed by atoms with Crippen LogP contribution in [0.25, 0.3) is 0 Å². The van der Waals surface area contributed by atoms with Gasteiger partial charge in [0.2, 0.25) is 5.91 Å². The van der Waals surface area contributed by atoms with E-state index >= 15 is 0 Å². The normalized spacial score (nSPS) is 22.5. The number of carbonyl (C=O) groups excluding carboxylic acids is 1. The number of rotatable bonds is 6. The molecular weight excluding hydrogens is 332 g/mol. The molecule has 2 heterocycles. The van der Waals surface area contributed by atoms with Gasteiger partial charge in [-0.1, -0.05) is 19.0 Å². The molecule has 1 amide bonds. The second kappa shape index (κ2) is 6.81. The van der Waals surface area contributed by atoms with Crippen LogP contribution in [0.15, 0.2) is 10.6 Å². The number of nitrogens with zero attached hydrogens (tertiary/aromatic N) is 3. The second-order valence-electron chi connectivity index (χ2n) is 6.78. The molecule has 0 bridgehead atoms. The summed E-state index contributed by atoms with van der Waals surface area (Å²) in [6.07, 6.45) is 0.767. The Morgan fingerprint density at radius 3 is 2.67 bits per heavy atom. The lowest BCUT2D eigenvalue weighted by Crippen LogP contribution is -2.45. The molecule has 1 N–H and O–H groups in total. The molecule has 24 heavy (non-hydrogen) atoms. The molecule has 1 aliphatic rings. The van der Waals surface area contributed by atoms with E-state index in [2.05, 4.69) is 10.5 Å². The first-order valence-corrected chi connectivity index (χ1v) is 9.37. The number of hydrogen-bond acceptors (Lipinski definition) is 5. The highest BCUT2D eigenvalue weighted by Crippen LogP contribution is 2.36. The van der Waals surface area contributed by atoms with Crippen LogP contribution in [0.4, 0.5) is 0 Å². The van der Waals surface area contributed by atoms with E-state index in [1.807, 2.05) is 19.9 Å².